The number of rotatable bonds is 8. The quantitative estimate of drug-likeness (QED) is 0.285. The number of carboxylic acid groups (broad SMARTS) is 1. The summed E-state index contributed by atoms with van der Waals surface area (Å²) in [6.45, 7) is -1.28. The van der Waals surface area contributed by atoms with E-state index in [9.17, 15) is 35.5 Å². The summed E-state index contributed by atoms with van der Waals surface area (Å²) < 4.78 is 103. The zero-order valence-corrected chi connectivity index (χ0v) is 19.6. The Hall–Kier alpha value is -3.75. The molecule has 0 spiro atoms. The minimum absolute atomic E-state index is 0.0733. The van der Waals surface area contributed by atoms with Gasteiger partial charge in [-0.05, 0) is 36.8 Å². The van der Waals surface area contributed by atoms with Crippen LogP contribution in [0.25, 0.3) is 0 Å². The Kier molecular flexibility index (Phi) is 9.78. The smallest absolute Gasteiger partial charge is 0.384 e. The number of aromatic nitrogens is 1. The molecular formula is C23H22F7N3O5. The van der Waals surface area contributed by atoms with Crippen molar-refractivity contribution < 1.29 is 54.9 Å². The average Bonchev–Trinajstić information content (AvgIpc) is 2.94. The molecule has 1 aliphatic rings. The Labute approximate surface area is 211 Å². The van der Waals surface area contributed by atoms with Crippen LogP contribution in [0.5, 0.6) is 5.75 Å². The number of halogens is 7. The lowest BCUT2D eigenvalue weighted by atomic mass is 9.88. The van der Waals surface area contributed by atoms with Crippen LogP contribution in [0.3, 0.4) is 0 Å². The van der Waals surface area contributed by atoms with Crippen molar-refractivity contribution in [3.05, 3.63) is 59.2 Å². The van der Waals surface area contributed by atoms with Crippen molar-refractivity contribution in [1.29, 1.82) is 0 Å². The molecule has 0 amide bonds. The van der Waals surface area contributed by atoms with Crippen LogP contribution in [0.1, 0.15) is 35.0 Å². The van der Waals surface area contributed by atoms with Crippen LogP contribution in [0, 0.1) is 5.82 Å². The molecule has 3 N–H and O–H groups in total. The first-order valence-electron chi connectivity index (χ1n) is 10.7. The monoisotopic (exact) mass is 553 g/mol. The van der Waals surface area contributed by atoms with Gasteiger partial charge in [0.25, 0.3) is 6.47 Å². The molecule has 1 aromatic heterocycles. The predicted molar refractivity (Wildman–Crippen MR) is 118 cm³/mol. The lowest BCUT2D eigenvalue weighted by Gasteiger charge is -2.32. The number of nitrogens with zero attached hydrogens (tertiary/aromatic N) is 2. The van der Waals surface area contributed by atoms with E-state index >= 15 is 0 Å². The highest BCUT2D eigenvalue weighted by Gasteiger charge is 2.55. The number of carbonyl (C=O) groups excluding carboxylic acids is 1. The van der Waals surface area contributed by atoms with Crippen molar-refractivity contribution in [1.82, 2.24) is 4.98 Å². The van der Waals surface area contributed by atoms with Crippen molar-refractivity contribution in [2.75, 3.05) is 13.2 Å². The molecule has 0 unspecified atom stereocenters. The molecule has 208 valence electrons. The normalized spacial score (nSPS) is 19.0. The number of amidine groups is 1. The Bertz CT molecular complexity index is 1160. The molecule has 2 aromatic rings. The summed E-state index contributed by atoms with van der Waals surface area (Å²) in [5.74, 6) is -6.41. The number of benzene rings is 1. The van der Waals surface area contributed by atoms with Crippen molar-refractivity contribution in [2.45, 2.75) is 43.8 Å². The van der Waals surface area contributed by atoms with Gasteiger partial charge >= 0.3 is 18.5 Å². The van der Waals surface area contributed by atoms with E-state index in [1.807, 2.05) is 0 Å². The highest BCUT2D eigenvalue weighted by atomic mass is 19.3. The van der Waals surface area contributed by atoms with Crippen LogP contribution < -0.4 is 10.5 Å². The number of hydrogen-bond acceptors (Lipinski definition) is 7. The molecule has 15 heteroatoms. The molecule has 2 heterocycles. The molecular weight excluding hydrogens is 531 g/mol. The summed E-state index contributed by atoms with van der Waals surface area (Å²) >= 11 is 0. The molecule has 1 atom stereocenters. The lowest BCUT2D eigenvalue weighted by Crippen LogP contribution is -2.44. The van der Waals surface area contributed by atoms with Crippen LogP contribution >= 0.6 is 0 Å². The zero-order chi connectivity index (χ0) is 28.7. The fourth-order valence-corrected chi connectivity index (χ4v) is 3.25. The van der Waals surface area contributed by atoms with Gasteiger partial charge in [-0.25, -0.2) is 18.2 Å². The van der Waals surface area contributed by atoms with Gasteiger partial charge in [0.2, 0.25) is 0 Å². The summed E-state index contributed by atoms with van der Waals surface area (Å²) in [7, 11) is 0. The van der Waals surface area contributed by atoms with Gasteiger partial charge in [-0.3, -0.25) is 14.6 Å². The number of ether oxygens (including phenoxy) is 2. The summed E-state index contributed by atoms with van der Waals surface area (Å²) in [4.78, 5) is 28.5. The largest absolute Gasteiger partial charge is 0.485 e. The molecule has 0 saturated heterocycles. The summed E-state index contributed by atoms with van der Waals surface area (Å²) in [6, 6.07) is 5.37. The molecule has 38 heavy (non-hydrogen) atoms. The van der Waals surface area contributed by atoms with E-state index < -0.39 is 54.4 Å². The number of pyridine rings is 1. The number of aliphatic imine (C=N–C) groups is 1. The average molecular weight is 553 g/mol. The molecule has 0 radical (unpaired) electrons. The van der Waals surface area contributed by atoms with E-state index in [0.29, 0.717) is 0 Å². The van der Waals surface area contributed by atoms with E-state index in [2.05, 4.69) is 19.5 Å². The third kappa shape index (κ3) is 7.18. The maximum Gasteiger partial charge on any atom is 0.384 e. The second-order valence-corrected chi connectivity index (χ2v) is 8.04. The van der Waals surface area contributed by atoms with Crippen LogP contribution in [0.2, 0.25) is 0 Å². The third-order valence-corrected chi connectivity index (χ3v) is 5.27. The van der Waals surface area contributed by atoms with E-state index in [1.54, 1.807) is 0 Å². The number of carbonyl (C=O) groups is 2. The molecule has 0 aliphatic carbocycles. The minimum atomic E-state index is -4.36. The Morgan fingerprint density at radius 3 is 2.53 bits per heavy atom. The van der Waals surface area contributed by atoms with E-state index in [0.717, 1.165) is 37.4 Å². The number of nitrogens with two attached hydrogens (primary N) is 1. The van der Waals surface area contributed by atoms with E-state index in [1.165, 1.54) is 6.07 Å². The SMILES string of the molecule is C[C@]1(c2cc(CC(=O)c3ccc(OCC(F)(F)C(F)F)cn3)ccc2F)N=C(N)CCOC1(F)F.O=CO. The molecule has 3 rings (SSSR count). The Morgan fingerprint density at radius 2 is 1.95 bits per heavy atom. The number of hydrogen-bond donors (Lipinski definition) is 2. The van der Waals surface area contributed by atoms with Gasteiger partial charge in [-0.15, -0.1) is 0 Å². The molecule has 0 saturated carbocycles. The van der Waals surface area contributed by atoms with Gasteiger partial charge in [0, 0.05) is 18.4 Å². The fraction of sp³-hybridized carbons (Fsp3) is 0.391. The number of alkyl halides is 6. The van der Waals surface area contributed by atoms with Gasteiger partial charge in [0.15, 0.2) is 17.9 Å². The number of Topliss-reactive ketones (excluding diaryl/α,β-unsaturated/α-hetero) is 1. The highest BCUT2D eigenvalue weighted by molar-refractivity contribution is 5.95. The summed E-state index contributed by atoms with van der Waals surface area (Å²) in [6.07, 6.45) is -7.36. The van der Waals surface area contributed by atoms with Gasteiger partial charge in [0.05, 0.1) is 18.6 Å². The molecule has 1 aliphatic heterocycles. The first-order valence-corrected chi connectivity index (χ1v) is 10.7. The van der Waals surface area contributed by atoms with Crippen LogP contribution in [0.15, 0.2) is 41.5 Å². The molecule has 0 fully saturated rings. The van der Waals surface area contributed by atoms with Crippen molar-refractivity contribution in [3.8, 4) is 5.75 Å². The summed E-state index contributed by atoms with van der Waals surface area (Å²) in [5, 5.41) is 6.89. The van der Waals surface area contributed by atoms with Gasteiger partial charge in [-0.1, -0.05) is 6.07 Å². The van der Waals surface area contributed by atoms with E-state index in [-0.39, 0.29) is 42.2 Å². The fourth-order valence-electron chi connectivity index (χ4n) is 3.25. The van der Waals surface area contributed by atoms with Crippen LogP contribution in [-0.2, 0) is 21.5 Å². The second kappa shape index (κ2) is 12.2. The van der Waals surface area contributed by atoms with Crippen molar-refractivity contribution >= 4 is 18.1 Å². The topological polar surface area (TPSA) is 124 Å². The van der Waals surface area contributed by atoms with Crippen LogP contribution in [0.4, 0.5) is 30.7 Å². The first-order chi connectivity index (χ1) is 17.7. The zero-order valence-electron chi connectivity index (χ0n) is 19.6. The standard InChI is InChI=1S/C22H20F7N3O3.CH2O2/c1-20(22(28,29)35-7-6-18(30)32-20)14-8-12(2-4-15(14)23)9-17(33)16-5-3-13(10-31-16)34-11-21(26,27)19(24)25;2-1-3/h2-5,8,10,19H,6-7,9,11H2,1H3,(H2,30,32);1H,(H,2,3)/t20-;/m1./s1. The maximum atomic E-state index is 14.7. The second-order valence-electron chi connectivity index (χ2n) is 8.04. The molecule has 1 aromatic carbocycles. The first kappa shape index (κ1) is 30.5. The maximum absolute atomic E-state index is 14.7. The molecule has 0 bridgehead atoms. The van der Waals surface area contributed by atoms with Crippen LogP contribution in [-0.4, -0.2) is 59.9 Å². The minimum Gasteiger partial charge on any atom is -0.485 e. The summed E-state index contributed by atoms with van der Waals surface area (Å²) in [5.41, 5.74) is 2.62. The predicted octanol–water partition coefficient (Wildman–Crippen LogP) is 4.21. The van der Waals surface area contributed by atoms with Gasteiger partial charge in [0.1, 0.15) is 17.3 Å². The number of ketones is 1. The van der Waals surface area contributed by atoms with Crippen molar-refractivity contribution in [2.24, 2.45) is 10.7 Å². The van der Waals surface area contributed by atoms with Crippen molar-refractivity contribution in [3.63, 3.8) is 0 Å². The van der Waals surface area contributed by atoms with E-state index in [4.69, 9.17) is 15.6 Å². The Morgan fingerprint density at radius 1 is 1.29 bits per heavy atom. The highest BCUT2D eigenvalue weighted by Crippen LogP contribution is 2.44. The molecule has 8 nitrogen and oxygen atoms in total. The van der Waals surface area contributed by atoms with Gasteiger partial charge in [-0.2, -0.15) is 17.6 Å². The lowest BCUT2D eigenvalue weighted by molar-refractivity contribution is -0.275. The van der Waals surface area contributed by atoms with Gasteiger partial charge < -0.3 is 20.3 Å². The Balaban J connectivity index is 0.00000161. The third-order valence-electron chi connectivity index (χ3n) is 5.27.